The van der Waals surface area contributed by atoms with Crippen LogP contribution >= 0.6 is 11.3 Å². The first-order valence-corrected chi connectivity index (χ1v) is 8.77. The van der Waals surface area contributed by atoms with Crippen LogP contribution < -0.4 is 0 Å². The normalized spacial score (nSPS) is 21.0. The van der Waals surface area contributed by atoms with E-state index in [1.807, 2.05) is 19.1 Å². The molecular formula is C16H20N4O2S. The number of thiazole rings is 1. The molecule has 0 aliphatic carbocycles. The second-order valence-electron chi connectivity index (χ2n) is 6.30. The van der Waals surface area contributed by atoms with Crippen LogP contribution in [0.2, 0.25) is 0 Å². The number of hydrogen-bond acceptors (Lipinski definition) is 6. The van der Waals surface area contributed by atoms with Gasteiger partial charge in [0.2, 0.25) is 10.8 Å². The van der Waals surface area contributed by atoms with Gasteiger partial charge in [-0.3, -0.25) is 4.90 Å². The number of aromatic nitrogens is 3. The minimum Gasteiger partial charge on any atom is -0.492 e. The molecule has 0 radical (unpaired) electrons. The Kier molecular flexibility index (Phi) is 3.61. The Bertz CT molecular complexity index is 808. The van der Waals surface area contributed by atoms with Gasteiger partial charge < -0.3 is 9.52 Å². The minimum absolute atomic E-state index is 0.0819. The topological polar surface area (TPSA) is 66.8 Å². The SMILES string of the molecule is Cc1nc2sc([C@@H](c3ccco3)N3CCC[C@@H](C)C3)c(O)n2n1. The number of fused-ring (bicyclic) bond motifs is 1. The molecule has 1 aliphatic heterocycles. The van der Waals surface area contributed by atoms with Gasteiger partial charge in [-0.15, -0.1) is 5.10 Å². The summed E-state index contributed by atoms with van der Waals surface area (Å²) in [6.07, 6.45) is 4.11. The van der Waals surface area contributed by atoms with E-state index in [9.17, 15) is 5.11 Å². The number of nitrogens with zero attached hydrogens (tertiary/aromatic N) is 4. The molecular weight excluding hydrogens is 312 g/mol. The fourth-order valence-electron chi connectivity index (χ4n) is 3.41. The third-order valence-electron chi connectivity index (χ3n) is 4.42. The van der Waals surface area contributed by atoms with E-state index < -0.39 is 0 Å². The molecule has 1 fully saturated rings. The van der Waals surface area contributed by atoms with Crippen molar-refractivity contribution in [2.75, 3.05) is 13.1 Å². The molecule has 3 aromatic heterocycles. The molecule has 1 N–H and O–H groups in total. The van der Waals surface area contributed by atoms with Gasteiger partial charge >= 0.3 is 0 Å². The van der Waals surface area contributed by atoms with E-state index in [1.165, 1.54) is 28.7 Å². The molecule has 0 bridgehead atoms. The van der Waals surface area contributed by atoms with Gasteiger partial charge in [-0.1, -0.05) is 18.3 Å². The zero-order chi connectivity index (χ0) is 16.0. The Labute approximate surface area is 138 Å². The second-order valence-corrected chi connectivity index (χ2v) is 7.31. The Morgan fingerprint density at radius 1 is 1.48 bits per heavy atom. The van der Waals surface area contributed by atoms with Crippen LogP contribution in [0.15, 0.2) is 22.8 Å². The van der Waals surface area contributed by atoms with Crippen molar-refractivity contribution in [3.8, 4) is 5.88 Å². The Morgan fingerprint density at radius 3 is 3.04 bits per heavy atom. The van der Waals surface area contributed by atoms with Crippen LogP contribution in [0.4, 0.5) is 0 Å². The lowest BCUT2D eigenvalue weighted by Gasteiger charge is -2.35. The summed E-state index contributed by atoms with van der Waals surface area (Å²) in [5.41, 5.74) is 0. The molecule has 1 aliphatic rings. The maximum absolute atomic E-state index is 10.7. The van der Waals surface area contributed by atoms with Gasteiger partial charge in [-0.25, -0.2) is 4.98 Å². The average Bonchev–Trinajstić information content (AvgIpc) is 3.21. The molecule has 0 saturated carbocycles. The van der Waals surface area contributed by atoms with Gasteiger partial charge in [0.1, 0.15) is 17.6 Å². The summed E-state index contributed by atoms with van der Waals surface area (Å²) in [6.45, 7) is 6.10. The quantitative estimate of drug-likeness (QED) is 0.798. The summed E-state index contributed by atoms with van der Waals surface area (Å²) in [7, 11) is 0. The number of hydrogen-bond donors (Lipinski definition) is 1. The summed E-state index contributed by atoms with van der Waals surface area (Å²) >= 11 is 1.48. The lowest BCUT2D eigenvalue weighted by molar-refractivity contribution is 0.136. The molecule has 122 valence electrons. The van der Waals surface area contributed by atoms with Crippen LogP contribution in [0.5, 0.6) is 5.88 Å². The maximum atomic E-state index is 10.7. The first-order valence-electron chi connectivity index (χ1n) is 7.96. The molecule has 0 spiro atoms. The Hall–Kier alpha value is -1.86. The summed E-state index contributed by atoms with van der Waals surface area (Å²) in [5.74, 6) is 2.34. The van der Waals surface area contributed by atoms with Crippen LogP contribution in [0.3, 0.4) is 0 Å². The largest absolute Gasteiger partial charge is 0.492 e. The number of likely N-dealkylation sites (tertiary alicyclic amines) is 1. The standard InChI is InChI=1S/C16H20N4O2S/c1-10-5-3-7-19(9-10)13(12-6-4-8-22-12)14-15(21)20-16(23-14)17-11(2)18-20/h4,6,8,10,13,21H,3,5,7,9H2,1-2H3/t10-,13-/m1/s1. The molecule has 23 heavy (non-hydrogen) atoms. The average molecular weight is 332 g/mol. The van der Waals surface area contributed by atoms with Crippen molar-refractivity contribution in [1.82, 2.24) is 19.5 Å². The number of rotatable bonds is 3. The third-order valence-corrected chi connectivity index (χ3v) is 5.49. The lowest BCUT2D eigenvalue weighted by Crippen LogP contribution is -2.37. The summed E-state index contributed by atoms with van der Waals surface area (Å²) in [4.78, 5) is 8.34. The van der Waals surface area contributed by atoms with Crippen molar-refractivity contribution in [1.29, 1.82) is 0 Å². The zero-order valence-corrected chi connectivity index (χ0v) is 14.1. The van der Waals surface area contributed by atoms with Gasteiger partial charge in [0.25, 0.3) is 0 Å². The molecule has 0 amide bonds. The maximum Gasteiger partial charge on any atom is 0.230 e. The van der Waals surface area contributed by atoms with Gasteiger partial charge in [0, 0.05) is 6.54 Å². The van der Waals surface area contributed by atoms with Crippen molar-refractivity contribution in [2.24, 2.45) is 5.92 Å². The molecule has 6 nitrogen and oxygen atoms in total. The molecule has 3 aromatic rings. The third kappa shape index (κ3) is 2.53. The van der Waals surface area contributed by atoms with E-state index in [1.54, 1.807) is 6.26 Å². The van der Waals surface area contributed by atoms with Crippen LogP contribution in [0.1, 0.15) is 42.3 Å². The highest BCUT2D eigenvalue weighted by molar-refractivity contribution is 7.17. The molecule has 4 heterocycles. The molecule has 4 rings (SSSR count). The van der Waals surface area contributed by atoms with Crippen LogP contribution in [0, 0.1) is 12.8 Å². The second kappa shape index (κ2) is 5.65. The first kappa shape index (κ1) is 14.7. The first-order chi connectivity index (χ1) is 11.1. The van der Waals surface area contributed by atoms with Gasteiger partial charge in [-0.2, -0.15) is 4.52 Å². The monoisotopic (exact) mass is 332 g/mol. The van der Waals surface area contributed by atoms with Crippen molar-refractivity contribution in [3.63, 3.8) is 0 Å². The van der Waals surface area contributed by atoms with Crippen LogP contribution in [0.25, 0.3) is 4.96 Å². The number of aromatic hydroxyl groups is 1. The zero-order valence-electron chi connectivity index (χ0n) is 13.3. The van der Waals surface area contributed by atoms with E-state index in [-0.39, 0.29) is 11.9 Å². The van der Waals surface area contributed by atoms with Crippen molar-refractivity contribution in [3.05, 3.63) is 34.9 Å². The van der Waals surface area contributed by atoms with Crippen LogP contribution in [-0.2, 0) is 0 Å². The summed E-state index contributed by atoms with van der Waals surface area (Å²) < 4.78 is 7.22. The van der Waals surface area contributed by atoms with Crippen LogP contribution in [-0.4, -0.2) is 37.7 Å². The Morgan fingerprint density at radius 2 is 2.35 bits per heavy atom. The Balaban J connectivity index is 1.80. The van der Waals surface area contributed by atoms with Gasteiger partial charge in [0.15, 0.2) is 0 Å². The summed E-state index contributed by atoms with van der Waals surface area (Å²) in [5, 5.41) is 14.9. The molecule has 0 unspecified atom stereocenters. The number of piperidine rings is 1. The summed E-state index contributed by atoms with van der Waals surface area (Å²) in [6, 6.07) is 3.79. The highest BCUT2D eigenvalue weighted by atomic mass is 32.1. The molecule has 1 saturated heterocycles. The van der Waals surface area contributed by atoms with Crippen molar-refractivity contribution >= 4 is 16.3 Å². The lowest BCUT2D eigenvalue weighted by atomic mass is 9.97. The van der Waals surface area contributed by atoms with E-state index in [0.717, 1.165) is 28.7 Å². The predicted molar refractivity (Wildman–Crippen MR) is 87.8 cm³/mol. The van der Waals surface area contributed by atoms with E-state index in [0.29, 0.717) is 11.7 Å². The van der Waals surface area contributed by atoms with Gasteiger partial charge in [0.05, 0.1) is 11.1 Å². The fraction of sp³-hybridized carbons (Fsp3) is 0.500. The molecule has 0 aromatic carbocycles. The fourth-order valence-corrected chi connectivity index (χ4v) is 4.55. The smallest absolute Gasteiger partial charge is 0.230 e. The highest BCUT2D eigenvalue weighted by Crippen LogP contribution is 2.41. The minimum atomic E-state index is -0.0819. The van der Waals surface area contributed by atoms with E-state index in [4.69, 9.17) is 4.42 Å². The number of furan rings is 1. The van der Waals surface area contributed by atoms with Gasteiger partial charge in [-0.05, 0) is 44.4 Å². The predicted octanol–water partition coefficient (Wildman–Crippen LogP) is 3.22. The van der Waals surface area contributed by atoms with Crippen molar-refractivity contribution < 1.29 is 9.52 Å². The van der Waals surface area contributed by atoms with E-state index in [2.05, 4.69) is 21.9 Å². The van der Waals surface area contributed by atoms with E-state index >= 15 is 0 Å². The highest BCUT2D eigenvalue weighted by Gasteiger charge is 2.33. The van der Waals surface area contributed by atoms with Crippen molar-refractivity contribution in [2.45, 2.75) is 32.7 Å². The number of aryl methyl sites for hydroxylation is 1. The molecule has 7 heteroatoms. The molecule has 2 atom stereocenters.